The van der Waals surface area contributed by atoms with Crippen LogP contribution in [0.15, 0.2) is 60.7 Å². The van der Waals surface area contributed by atoms with Crippen molar-refractivity contribution in [1.29, 1.82) is 0 Å². The molecule has 1 aliphatic heterocycles. The Morgan fingerprint density at radius 2 is 1.38 bits per heavy atom. The summed E-state index contributed by atoms with van der Waals surface area (Å²) in [4.78, 5) is 0. The van der Waals surface area contributed by atoms with E-state index in [9.17, 15) is 10.2 Å². The number of ether oxygens (including phenoxy) is 2. The molecule has 2 aromatic rings. The molecule has 0 amide bonds. The first-order valence-corrected chi connectivity index (χ1v) is 10.3. The summed E-state index contributed by atoms with van der Waals surface area (Å²) < 4.78 is 11.7. The number of benzene rings is 2. The molecule has 1 saturated heterocycles. The first-order valence-electron chi connectivity index (χ1n) is 10.3. The molecule has 0 radical (unpaired) electrons. The van der Waals surface area contributed by atoms with Gasteiger partial charge in [0.2, 0.25) is 0 Å². The number of hydrogen-bond acceptors (Lipinski definition) is 4. The summed E-state index contributed by atoms with van der Waals surface area (Å²) in [6, 6.07) is 19.8. The Morgan fingerprint density at radius 1 is 0.897 bits per heavy atom. The van der Waals surface area contributed by atoms with E-state index < -0.39 is 24.1 Å². The van der Waals surface area contributed by atoms with Crippen LogP contribution in [0, 0.1) is 5.41 Å². The Balaban J connectivity index is 0.000000537. The normalized spacial score (nSPS) is 26.7. The third-order valence-electron chi connectivity index (χ3n) is 4.56. The first-order chi connectivity index (χ1) is 13.6. The Labute approximate surface area is 175 Å². The van der Waals surface area contributed by atoms with Crippen molar-refractivity contribution in [2.24, 2.45) is 5.41 Å². The summed E-state index contributed by atoms with van der Waals surface area (Å²) in [6.07, 6.45) is -1.05. The number of aliphatic hydroxyl groups is 2. The minimum Gasteiger partial charge on any atom is -0.387 e. The van der Waals surface area contributed by atoms with Gasteiger partial charge in [0.15, 0.2) is 5.79 Å². The van der Waals surface area contributed by atoms with E-state index >= 15 is 0 Å². The van der Waals surface area contributed by atoms with E-state index in [0.29, 0.717) is 18.4 Å². The number of rotatable bonds is 6. The van der Waals surface area contributed by atoms with Crippen molar-refractivity contribution in [2.45, 2.75) is 78.2 Å². The quantitative estimate of drug-likeness (QED) is 0.736. The van der Waals surface area contributed by atoms with Crippen molar-refractivity contribution < 1.29 is 19.7 Å². The summed E-state index contributed by atoms with van der Waals surface area (Å²) in [6.45, 7) is 10.8. The highest BCUT2D eigenvalue weighted by Crippen LogP contribution is 2.34. The van der Waals surface area contributed by atoms with E-state index in [1.165, 1.54) is 5.56 Å². The van der Waals surface area contributed by atoms with E-state index in [1.54, 1.807) is 6.92 Å². The van der Waals surface area contributed by atoms with Gasteiger partial charge in [-0.1, -0.05) is 88.4 Å². The fourth-order valence-electron chi connectivity index (χ4n) is 3.06. The second-order valence-corrected chi connectivity index (χ2v) is 9.41. The van der Waals surface area contributed by atoms with Crippen LogP contribution >= 0.6 is 0 Å². The van der Waals surface area contributed by atoms with Crippen LogP contribution in [0.4, 0.5) is 0 Å². The fourth-order valence-corrected chi connectivity index (χ4v) is 3.06. The maximum atomic E-state index is 10.4. The molecule has 3 rings (SSSR count). The van der Waals surface area contributed by atoms with E-state index in [-0.39, 0.29) is 0 Å². The van der Waals surface area contributed by atoms with Crippen molar-refractivity contribution in [1.82, 2.24) is 0 Å². The van der Waals surface area contributed by atoms with Crippen LogP contribution in [0.1, 0.15) is 52.2 Å². The monoisotopic (exact) mass is 400 g/mol. The van der Waals surface area contributed by atoms with Crippen LogP contribution < -0.4 is 0 Å². The van der Waals surface area contributed by atoms with Gasteiger partial charge in [0.1, 0.15) is 12.2 Å². The summed E-state index contributed by atoms with van der Waals surface area (Å²) in [7, 11) is 0. The lowest BCUT2D eigenvalue weighted by Crippen LogP contribution is -2.42. The van der Waals surface area contributed by atoms with E-state index in [0.717, 1.165) is 12.0 Å². The van der Waals surface area contributed by atoms with Crippen molar-refractivity contribution in [3.05, 3.63) is 71.8 Å². The topological polar surface area (TPSA) is 58.9 Å². The summed E-state index contributed by atoms with van der Waals surface area (Å²) in [5.74, 6) is -1.20. The zero-order chi connectivity index (χ0) is 21.5. The SMILES string of the molecule is CC(C)(C)C.CC1(OCc2ccccc2)OC(CCc2ccccc2)C(O)C1O. The van der Waals surface area contributed by atoms with Gasteiger partial charge in [0, 0.05) is 0 Å². The average Bonchev–Trinajstić information content (AvgIpc) is 2.89. The Morgan fingerprint density at radius 3 is 1.90 bits per heavy atom. The van der Waals surface area contributed by atoms with E-state index in [1.807, 2.05) is 60.7 Å². The molecule has 0 bridgehead atoms. The van der Waals surface area contributed by atoms with Gasteiger partial charge in [0.05, 0.1) is 12.7 Å². The molecule has 29 heavy (non-hydrogen) atoms. The smallest absolute Gasteiger partial charge is 0.194 e. The van der Waals surface area contributed by atoms with Crippen LogP contribution in [-0.2, 0) is 22.5 Å². The molecule has 0 saturated carbocycles. The molecule has 4 unspecified atom stereocenters. The number of aryl methyl sites for hydroxylation is 1. The van der Waals surface area contributed by atoms with Crippen molar-refractivity contribution in [3.63, 3.8) is 0 Å². The van der Waals surface area contributed by atoms with Gasteiger partial charge in [-0.3, -0.25) is 0 Å². The van der Waals surface area contributed by atoms with Crippen LogP contribution in [0.2, 0.25) is 0 Å². The van der Waals surface area contributed by atoms with Gasteiger partial charge in [-0.2, -0.15) is 0 Å². The Hall–Kier alpha value is -1.72. The van der Waals surface area contributed by atoms with Crippen LogP contribution in [0.25, 0.3) is 0 Å². The first kappa shape index (κ1) is 23.6. The minimum atomic E-state index is -1.20. The van der Waals surface area contributed by atoms with Crippen molar-refractivity contribution in [3.8, 4) is 0 Å². The van der Waals surface area contributed by atoms with Gasteiger partial charge in [-0.25, -0.2) is 0 Å². The number of aliphatic hydroxyl groups excluding tert-OH is 2. The van der Waals surface area contributed by atoms with Gasteiger partial charge < -0.3 is 19.7 Å². The molecule has 4 nitrogen and oxygen atoms in total. The minimum absolute atomic E-state index is 0.326. The standard InChI is InChI=1S/C20H24O4.C5H12/c1-20(23-14-16-10-6-3-7-11-16)19(22)18(21)17(24-20)13-12-15-8-4-2-5-9-15;1-5(2,3)4/h2-11,17-19,21-22H,12-14H2,1H3;1-4H3. The van der Waals surface area contributed by atoms with Crippen molar-refractivity contribution in [2.75, 3.05) is 0 Å². The largest absolute Gasteiger partial charge is 0.387 e. The molecule has 0 aliphatic carbocycles. The summed E-state index contributed by atoms with van der Waals surface area (Å²) in [5.41, 5.74) is 2.68. The molecule has 2 aromatic carbocycles. The third-order valence-corrected chi connectivity index (χ3v) is 4.56. The fraction of sp³-hybridized carbons (Fsp3) is 0.520. The van der Waals surface area contributed by atoms with Crippen LogP contribution in [-0.4, -0.2) is 34.3 Å². The molecule has 160 valence electrons. The highest BCUT2D eigenvalue weighted by atomic mass is 16.7. The lowest BCUT2D eigenvalue weighted by molar-refractivity contribution is -0.253. The second-order valence-electron chi connectivity index (χ2n) is 9.41. The highest BCUT2D eigenvalue weighted by Gasteiger charge is 2.51. The van der Waals surface area contributed by atoms with Crippen LogP contribution in [0.5, 0.6) is 0 Å². The molecule has 0 spiro atoms. The predicted molar refractivity (Wildman–Crippen MR) is 116 cm³/mol. The van der Waals surface area contributed by atoms with Gasteiger partial charge in [-0.15, -0.1) is 0 Å². The Kier molecular flexibility index (Phi) is 8.41. The lowest BCUT2D eigenvalue weighted by Gasteiger charge is -2.28. The van der Waals surface area contributed by atoms with E-state index in [2.05, 4.69) is 27.7 Å². The van der Waals surface area contributed by atoms with Crippen molar-refractivity contribution >= 4 is 0 Å². The molecular weight excluding hydrogens is 364 g/mol. The highest BCUT2D eigenvalue weighted by molar-refractivity contribution is 5.15. The molecule has 1 aliphatic rings. The second kappa shape index (κ2) is 10.4. The third kappa shape index (κ3) is 7.90. The maximum absolute atomic E-state index is 10.4. The van der Waals surface area contributed by atoms with E-state index in [4.69, 9.17) is 9.47 Å². The zero-order valence-corrected chi connectivity index (χ0v) is 18.3. The zero-order valence-electron chi connectivity index (χ0n) is 18.3. The predicted octanol–water partition coefficient (Wildman–Crippen LogP) is 4.73. The summed E-state index contributed by atoms with van der Waals surface area (Å²) >= 11 is 0. The van der Waals surface area contributed by atoms with Gasteiger partial charge in [-0.05, 0) is 36.3 Å². The average molecular weight is 401 g/mol. The lowest BCUT2D eigenvalue weighted by atomic mass is 10.0. The molecule has 0 aromatic heterocycles. The number of hydrogen-bond donors (Lipinski definition) is 2. The Bertz CT molecular complexity index is 705. The maximum Gasteiger partial charge on any atom is 0.194 e. The molecular formula is C25H36O4. The molecule has 2 N–H and O–H groups in total. The molecule has 1 fully saturated rings. The van der Waals surface area contributed by atoms with Gasteiger partial charge in [0.25, 0.3) is 0 Å². The summed E-state index contributed by atoms with van der Waals surface area (Å²) in [5, 5.41) is 20.7. The van der Waals surface area contributed by atoms with Gasteiger partial charge >= 0.3 is 0 Å². The van der Waals surface area contributed by atoms with Crippen LogP contribution in [0.3, 0.4) is 0 Å². The molecule has 4 atom stereocenters. The molecule has 4 heteroatoms. The molecule has 1 heterocycles.